The maximum absolute atomic E-state index is 11.5. The minimum atomic E-state index is -0.535. The summed E-state index contributed by atoms with van der Waals surface area (Å²) in [6, 6.07) is 3.17. The van der Waals surface area contributed by atoms with Gasteiger partial charge >= 0.3 is 0 Å². The molecule has 0 bridgehead atoms. The van der Waals surface area contributed by atoms with Gasteiger partial charge in [0.15, 0.2) is 0 Å². The number of nitrogens with one attached hydrogen (secondary N) is 1. The Morgan fingerprint density at radius 2 is 1.80 bits per heavy atom. The smallest absolute Gasteiger partial charge is 0.250 e. The molecule has 0 heterocycles. The molecule has 0 unspecified atom stereocenters. The highest BCUT2D eigenvalue weighted by Gasteiger charge is 2.19. The summed E-state index contributed by atoms with van der Waals surface area (Å²) < 4.78 is 0. The molecule has 0 saturated carbocycles. The monoisotopic (exact) mass is 297 g/mol. The minimum absolute atomic E-state index is 0.335. The molecule has 5 N–H and O–H groups in total. The molecule has 112 valence electrons. The lowest BCUT2D eigenvalue weighted by atomic mass is 9.85. The van der Waals surface area contributed by atoms with Gasteiger partial charge in [-0.15, -0.1) is 0 Å². The maximum atomic E-state index is 11.5. The highest BCUT2D eigenvalue weighted by molar-refractivity contribution is 6.34. The molecule has 0 fully saturated rings. The lowest BCUT2D eigenvalue weighted by Gasteiger charge is -2.26. The lowest BCUT2D eigenvalue weighted by Crippen LogP contribution is -2.26. The molecule has 0 aliphatic heterocycles. The van der Waals surface area contributed by atoms with Crippen LogP contribution >= 0.6 is 11.6 Å². The van der Waals surface area contributed by atoms with E-state index in [2.05, 4.69) is 33.0 Å². The van der Waals surface area contributed by atoms with Gasteiger partial charge in [0.05, 0.1) is 16.3 Å². The van der Waals surface area contributed by atoms with Crippen molar-refractivity contribution < 1.29 is 4.79 Å². The number of primary amides is 1. The molecule has 0 aliphatic carbocycles. The van der Waals surface area contributed by atoms with Crippen molar-refractivity contribution in [1.29, 1.82) is 0 Å². The van der Waals surface area contributed by atoms with E-state index in [1.807, 2.05) is 0 Å². The number of carbonyl (C=O) groups excluding carboxylic acids is 1. The second kappa shape index (κ2) is 6.84. The molecule has 1 aromatic carbocycles. The van der Waals surface area contributed by atoms with Gasteiger partial charge in [-0.05, 0) is 29.9 Å². The average Bonchev–Trinajstić information content (AvgIpc) is 2.29. The number of carbonyl (C=O) groups is 1. The summed E-state index contributed by atoms with van der Waals surface area (Å²) in [4.78, 5) is 11.5. The van der Waals surface area contributed by atoms with Gasteiger partial charge in [0, 0.05) is 12.2 Å². The van der Waals surface area contributed by atoms with Crippen molar-refractivity contribution in [3.05, 3.63) is 22.7 Å². The number of anilines is 2. The van der Waals surface area contributed by atoms with E-state index >= 15 is 0 Å². The van der Waals surface area contributed by atoms with Crippen molar-refractivity contribution in [3.63, 3.8) is 0 Å². The Hall–Kier alpha value is -1.42. The third-order valence-electron chi connectivity index (χ3n) is 3.61. The molecule has 1 aromatic rings. The van der Waals surface area contributed by atoms with E-state index < -0.39 is 5.91 Å². The standard InChI is InChI=1S/C15H24ClN3O/c1-8(2)12(9(3)4)7-19-14-11(15(18)20)5-10(17)6-13(14)16/h5-6,8-9,12,19H,7,17H2,1-4H3,(H2,18,20). The van der Waals surface area contributed by atoms with E-state index in [4.69, 9.17) is 23.1 Å². The molecule has 0 atom stereocenters. The number of nitrogens with two attached hydrogens (primary N) is 2. The number of hydrogen-bond acceptors (Lipinski definition) is 3. The topological polar surface area (TPSA) is 81.1 Å². The van der Waals surface area contributed by atoms with Gasteiger partial charge in [0.25, 0.3) is 5.91 Å². The summed E-state index contributed by atoms with van der Waals surface area (Å²) >= 11 is 6.17. The summed E-state index contributed by atoms with van der Waals surface area (Å²) in [7, 11) is 0. The first-order valence-corrected chi connectivity index (χ1v) is 7.24. The quantitative estimate of drug-likeness (QED) is 0.704. The van der Waals surface area contributed by atoms with Gasteiger partial charge in [-0.3, -0.25) is 4.79 Å². The van der Waals surface area contributed by atoms with E-state index in [0.29, 0.717) is 39.7 Å². The molecule has 4 nitrogen and oxygen atoms in total. The van der Waals surface area contributed by atoms with Crippen molar-refractivity contribution in [1.82, 2.24) is 0 Å². The van der Waals surface area contributed by atoms with Gasteiger partial charge in [-0.2, -0.15) is 0 Å². The molecule has 0 spiro atoms. The molecule has 5 heteroatoms. The van der Waals surface area contributed by atoms with Crippen LogP contribution in [0.15, 0.2) is 12.1 Å². The van der Waals surface area contributed by atoms with Crippen molar-refractivity contribution in [2.75, 3.05) is 17.6 Å². The SMILES string of the molecule is CC(C)C(CNc1c(Cl)cc(N)cc1C(N)=O)C(C)C. The van der Waals surface area contributed by atoms with E-state index in [0.717, 1.165) is 6.54 Å². The second-order valence-electron chi connectivity index (χ2n) is 5.82. The Labute approximate surface area is 125 Å². The number of benzene rings is 1. The Kier molecular flexibility index (Phi) is 5.69. The lowest BCUT2D eigenvalue weighted by molar-refractivity contribution is 0.100. The number of hydrogen-bond donors (Lipinski definition) is 3. The van der Waals surface area contributed by atoms with E-state index in [-0.39, 0.29) is 0 Å². The zero-order valence-electron chi connectivity index (χ0n) is 12.5. The summed E-state index contributed by atoms with van der Waals surface area (Å²) in [5, 5.41) is 3.69. The fourth-order valence-electron chi connectivity index (χ4n) is 2.46. The Morgan fingerprint density at radius 1 is 1.25 bits per heavy atom. The van der Waals surface area contributed by atoms with E-state index in [1.165, 1.54) is 0 Å². The molecule has 0 saturated heterocycles. The molecular formula is C15H24ClN3O. The molecule has 0 radical (unpaired) electrons. The average molecular weight is 298 g/mol. The maximum Gasteiger partial charge on any atom is 0.250 e. The van der Waals surface area contributed by atoms with Crippen LogP contribution < -0.4 is 16.8 Å². The van der Waals surface area contributed by atoms with Gasteiger partial charge in [0.1, 0.15) is 0 Å². The van der Waals surface area contributed by atoms with Crippen molar-refractivity contribution in [3.8, 4) is 0 Å². The summed E-state index contributed by atoms with van der Waals surface area (Å²) in [5.74, 6) is 1.01. The summed E-state index contributed by atoms with van der Waals surface area (Å²) in [6.07, 6.45) is 0. The molecule has 20 heavy (non-hydrogen) atoms. The van der Waals surface area contributed by atoms with Crippen LogP contribution in [0.25, 0.3) is 0 Å². The first-order chi connectivity index (χ1) is 9.23. The molecule has 1 amide bonds. The first-order valence-electron chi connectivity index (χ1n) is 6.86. The fourth-order valence-corrected chi connectivity index (χ4v) is 2.76. The number of nitrogen functional groups attached to an aromatic ring is 1. The third kappa shape index (κ3) is 4.04. The first kappa shape index (κ1) is 16.6. The third-order valence-corrected chi connectivity index (χ3v) is 3.90. The predicted molar refractivity (Wildman–Crippen MR) is 86.0 cm³/mol. The van der Waals surface area contributed by atoms with Crippen LogP contribution in [0.5, 0.6) is 0 Å². The number of rotatable bonds is 6. The highest BCUT2D eigenvalue weighted by Crippen LogP contribution is 2.30. The van der Waals surface area contributed by atoms with Crippen LogP contribution in [0, 0.1) is 17.8 Å². The number of halogens is 1. The second-order valence-corrected chi connectivity index (χ2v) is 6.23. The van der Waals surface area contributed by atoms with Gasteiger partial charge in [0.2, 0.25) is 0 Å². The largest absolute Gasteiger partial charge is 0.399 e. The van der Waals surface area contributed by atoms with Crippen molar-refractivity contribution >= 4 is 28.9 Å². The van der Waals surface area contributed by atoms with Crippen LogP contribution in [0.2, 0.25) is 5.02 Å². The Balaban J connectivity index is 3.00. The molecular weight excluding hydrogens is 274 g/mol. The number of amides is 1. The van der Waals surface area contributed by atoms with Crippen molar-refractivity contribution in [2.45, 2.75) is 27.7 Å². The fraction of sp³-hybridized carbons (Fsp3) is 0.533. The zero-order chi connectivity index (χ0) is 15.4. The Bertz CT molecular complexity index is 478. The summed E-state index contributed by atoms with van der Waals surface area (Å²) in [6.45, 7) is 9.48. The van der Waals surface area contributed by atoms with Gasteiger partial charge in [-0.25, -0.2) is 0 Å². The minimum Gasteiger partial charge on any atom is -0.399 e. The van der Waals surface area contributed by atoms with Crippen LogP contribution in [-0.4, -0.2) is 12.5 Å². The van der Waals surface area contributed by atoms with Crippen molar-refractivity contribution in [2.24, 2.45) is 23.5 Å². The summed E-state index contributed by atoms with van der Waals surface area (Å²) in [5.41, 5.74) is 12.4. The van der Waals surface area contributed by atoms with E-state index in [9.17, 15) is 4.79 Å². The van der Waals surface area contributed by atoms with Gasteiger partial charge < -0.3 is 16.8 Å². The molecule has 1 rings (SSSR count). The predicted octanol–water partition coefficient (Wildman–Crippen LogP) is 3.36. The zero-order valence-corrected chi connectivity index (χ0v) is 13.3. The molecule has 0 aliphatic rings. The van der Waals surface area contributed by atoms with Gasteiger partial charge in [-0.1, -0.05) is 39.3 Å². The van der Waals surface area contributed by atoms with Crippen LogP contribution in [0.4, 0.5) is 11.4 Å². The normalized spacial score (nSPS) is 11.4. The van der Waals surface area contributed by atoms with Crippen LogP contribution in [0.3, 0.4) is 0 Å². The highest BCUT2D eigenvalue weighted by atomic mass is 35.5. The Morgan fingerprint density at radius 3 is 2.25 bits per heavy atom. The molecule has 0 aromatic heterocycles. The van der Waals surface area contributed by atoms with Crippen LogP contribution in [0.1, 0.15) is 38.1 Å². The van der Waals surface area contributed by atoms with E-state index in [1.54, 1.807) is 12.1 Å². The van der Waals surface area contributed by atoms with Crippen LogP contribution in [-0.2, 0) is 0 Å².